The molecule has 0 spiro atoms. The highest BCUT2D eigenvalue weighted by atomic mass is 16.5. The quantitative estimate of drug-likeness (QED) is 0.154. The number of nitrogens with zero attached hydrogens (tertiary/aromatic N) is 2. The van der Waals surface area contributed by atoms with E-state index < -0.39 is 5.41 Å². The molecule has 0 aliphatic heterocycles. The van der Waals surface area contributed by atoms with Crippen molar-refractivity contribution >= 4 is 0 Å². The minimum absolute atomic E-state index is 0.456. The van der Waals surface area contributed by atoms with Crippen molar-refractivity contribution in [3.63, 3.8) is 0 Å². The maximum atomic E-state index is 10.5. The van der Waals surface area contributed by atoms with E-state index in [9.17, 15) is 5.26 Å². The van der Waals surface area contributed by atoms with Crippen LogP contribution >= 0.6 is 0 Å². The molecule has 2 aromatic carbocycles. The summed E-state index contributed by atoms with van der Waals surface area (Å²) < 4.78 is 10.9. The van der Waals surface area contributed by atoms with Gasteiger partial charge in [-0.1, -0.05) is 95.4 Å². The third-order valence-corrected chi connectivity index (χ3v) is 7.85. The molecule has 4 nitrogen and oxygen atoms in total. The Morgan fingerprint density at radius 2 is 1.32 bits per heavy atom. The van der Waals surface area contributed by atoms with Crippen molar-refractivity contribution in [1.82, 2.24) is 4.90 Å². The van der Waals surface area contributed by atoms with Crippen molar-refractivity contribution in [2.45, 2.75) is 102 Å². The lowest BCUT2D eigenvalue weighted by atomic mass is 9.74. The SMILES string of the molecule is CCCCCCCCCCCC[C@@](C#N)(CCCN(C)CCc1cccc(OC)c1)c1cccc(OC)c1. The molecule has 0 saturated carbocycles. The molecule has 1 atom stereocenters. The number of unbranched alkanes of at least 4 members (excludes halogenated alkanes) is 9. The molecule has 0 radical (unpaired) electrons. The van der Waals surface area contributed by atoms with Crippen LogP contribution in [0, 0.1) is 11.3 Å². The first-order chi connectivity index (χ1) is 18.6. The van der Waals surface area contributed by atoms with Crippen LogP contribution in [0.5, 0.6) is 11.5 Å². The maximum absolute atomic E-state index is 10.5. The molecule has 2 rings (SSSR count). The average Bonchev–Trinajstić information content (AvgIpc) is 2.96. The molecule has 0 bridgehead atoms. The van der Waals surface area contributed by atoms with Gasteiger partial charge in [-0.05, 0) is 74.7 Å². The minimum Gasteiger partial charge on any atom is -0.497 e. The zero-order valence-corrected chi connectivity index (χ0v) is 24.6. The molecule has 4 heteroatoms. The van der Waals surface area contributed by atoms with E-state index in [1.165, 1.54) is 63.4 Å². The molecule has 0 amide bonds. The first-order valence-corrected chi connectivity index (χ1v) is 14.9. The van der Waals surface area contributed by atoms with Gasteiger partial charge in [0.05, 0.1) is 25.7 Å². The molecule has 0 unspecified atom stereocenters. The zero-order chi connectivity index (χ0) is 27.5. The van der Waals surface area contributed by atoms with Crippen molar-refractivity contribution in [3.05, 3.63) is 59.7 Å². The highest BCUT2D eigenvalue weighted by Gasteiger charge is 2.32. The summed E-state index contributed by atoms with van der Waals surface area (Å²) in [5, 5.41) is 10.5. The minimum atomic E-state index is -0.456. The van der Waals surface area contributed by atoms with E-state index in [-0.39, 0.29) is 0 Å². The van der Waals surface area contributed by atoms with Crippen LogP contribution in [0.1, 0.15) is 102 Å². The molecular weight excluding hydrogens is 468 g/mol. The Morgan fingerprint density at radius 1 is 0.737 bits per heavy atom. The average molecular weight is 521 g/mol. The molecule has 0 aromatic heterocycles. The monoisotopic (exact) mass is 520 g/mol. The lowest BCUT2D eigenvalue weighted by Gasteiger charge is -2.29. The Hall–Kier alpha value is -2.51. The van der Waals surface area contributed by atoms with Crippen molar-refractivity contribution < 1.29 is 9.47 Å². The van der Waals surface area contributed by atoms with Gasteiger partial charge < -0.3 is 14.4 Å². The Morgan fingerprint density at radius 3 is 1.95 bits per heavy atom. The molecule has 38 heavy (non-hydrogen) atoms. The molecule has 0 aliphatic carbocycles. The van der Waals surface area contributed by atoms with Crippen LogP contribution in [0.2, 0.25) is 0 Å². The van der Waals surface area contributed by atoms with Gasteiger partial charge in [0.2, 0.25) is 0 Å². The first-order valence-electron chi connectivity index (χ1n) is 14.9. The van der Waals surface area contributed by atoms with Gasteiger partial charge in [-0.2, -0.15) is 5.26 Å². The fraction of sp³-hybridized carbons (Fsp3) is 0.618. The van der Waals surface area contributed by atoms with Crippen molar-refractivity contribution in [3.8, 4) is 17.6 Å². The van der Waals surface area contributed by atoms with Gasteiger partial charge in [0.25, 0.3) is 0 Å². The third-order valence-electron chi connectivity index (χ3n) is 7.85. The summed E-state index contributed by atoms with van der Waals surface area (Å²) in [4.78, 5) is 2.38. The third kappa shape index (κ3) is 11.5. The molecule has 0 N–H and O–H groups in total. The topological polar surface area (TPSA) is 45.5 Å². The van der Waals surface area contributed by atoms with Gasteiger partial charge in [0, 0.05) is 6.54 Å². The van der Waals surface area contributed by atoms with Crippen LogP contribution in [0.25, 0.3) is 0 Å². The standard InChI is InChI=1S/C34H52N2O2/c1-5-6-7-8-9-10-11-12-13-14-23-34(29-35,31-19-16-21-33(28-31)38-4)24-17-25-36(2)26-22-30-18-15-20-32(27-30)37-3/h15-16,18-21,27-28H,5-14,17,22-26H2,1-4H3/t34-/m0/s1. The lowest BCUT2D eigenvalue weighted by Crippen LogP contribution is -2.28. The van der Waals surface area contributed by atoms with Crippen molar-refractivity contribution in [2.75, 3.05) is 34.4 Å². The van der Waals surface area contributed by atoms with E-state index in [0.717, 1.165) is 62.3 Å². The normalized spacial score (nSPS) is 12.7. The summed E-state index contributed by atoms with van der Waals surface area (Å²) in [6.45, 7) is 4.24. The summed E-state index contributed by atoms with van der Waals surface area (Å²) in [7, 11) is 5.60. The van der Waals surface area contributed by atoms with E-state index in [2.05, 4.69) is 55.3 Å². The van der Waals surface area contributed by atoms with Crippen LogP contribution in [-0.2, 0) is 11.8 Å². The zero-order valence-electron chi connectivity index (χ0n) is 24.6. The summed E-state index contributed by atoms with van der Waals surface area (Å²) in [5.41, 5.74) is 1.94. The Bertz CT molecular complexity index is 938. The van der Waals surface area contributed by atoms with Crippen LogP contribution in [0.15, 0.2) is 48.5 Å². The maximum Gasteiger partial charge on any atom is 0.119 e. The highest BCUT2D eigenvalue weighted by molar-refractivity contribution is 5.38. The lowest BCUT2D eigenvalue weighted by molar-refractivity contribution is 0.309. The predicted molar refractivity (Wildman–Crippen MR) is 160 cm³/mol. The fourth-order valence-corrected chi connectivity index (χ4v) is 5.34. The molecule has 0 fully saturated rings. The van der Waals surface area contributed by atoms with Crippen LogP contribution < -0.4 is 9.47 Å². The molecule has 0 aliphatic rings. The van der Waals surface area contributed by atoms with Crippen molar-refractivity contribution in [2.24, 2.45) is 0 Å². The number of hydrogen-bond donors (Lipinski definition) is 0. The van der Waals surface area contributed by atoms with Gasteiger partial charge in [-0.25, -0.2) is 0 Å². The van der Waals surface area contributed by atoms with Gasteiger partial charge in [-0.15, -0.1) is 0 Å². The number of nitriles is 1. The van der Waals surface area contributed by atoms with Gasteiger partial charge >= 0.3 is 0 Å². The van der Waals surface area contributed by atoms with Crippen LogP contribution in [0.3, 0.4) is 0 Å². The highest BCUT2D eigenvalue weighted by Crippen LogP contribution is 2.36. The number of benzene rings is 2. The van der Waals surface area contributed by atoms with Crippen LogP contribution in [0.4, 0.5) is 0 Å². The largest absolute Gasteiger partial charge is 0.497 e. The molecule has 0 saturated heterocycles. The molecular formula is C34H52N2O2. The summed E-state index contributed by atoms with van der Waals surface area (Å²) in [6, 6.07) is 19.3. The Kier molecular flexibility index (Phi) is 15.6. The van der Waals surface area contributed by atoms with E-state index >= 15 is 0 Å². The Labute approximate surface area is 233 Å². The summed E-state index contributed by atoms with van der Waals surface area (Å²) in [5.74, 6) is 1.75. The molecule has 2 aromatic rings. The Balaban J connectivity index is 1.87. The van der Waals surface area contributed by atoms with Crippen LogP contribution in [-0.4, -0.2) is 39.3 Å². The van der Waals surface area contributed by atoms with E-state index in [4.69, 9.17) is 9.47 Å². The smallest absolute Gasteiger partial charge is 0.119 e. The number of ether oxygens (including phenoxy) is 2. The van der Waals surface area contributed by atoms with E-state index in [1.807, 2.05) is 18.2 Å². The summed E-state index contributed by atoms with van der Waals surface area (Å²) >= 11 is 0. The number of rotatable bonds is 21. The van der Waals surface area contributed by atoms with Gasteiger partial charge in [0.1, 0.15) is 11.5 Å². The van der Waals surface area contributed by atoms with Gasteiger partial charge in [0.15, 0.2) is 0 Å². The molecule has 210 valence electrons. The fourth-order valence-electron chi connectivity index (χ4n) is 5.34. The first kappa shape index (κ1) is 31.7. The van der Waals surface area contributed by atoms with Crippen molar-refractivity contribution in [1.29, 1.82) is 5.26 Å². The van der Waals surface area contributed by atoms with Gasteiger partial charge in [-0.3, -0.25) is 0 Å². The van der Waals surface area contributed by atoms with E-state index in [0.29, 0.717) is 0 Å². The number of likely N-dealkylation sites (N-methyl/N-ethyl adjacent to an activating group) is 1. The number of methoxy groups -OCH3 is 2. The second-order valence-electron chi connectivity index (χ2n) is 10.9. The number of hydrogen-bond acceptors (Lipinski definition) is 4. The van der Waals surface area contributed by atoms with E-state index in [1.54, 1.807) is 14.2 Å². The summed E-state index contributed by atoms with van der Waals surface area (Å²) in [6.07, 6.45) is 16.9. The second-order valence-corrected chi connectivity index (χ2v) is 10.9. The molecule has 0 heterocycles. The second kappa shape index (κ2) is 18.7. The predicted octanol–water partition coefficient (Wildman–Crippen LogP) is 8.73.